The summed E-state index contributed by atoms with van der Waals surface area (Å²) >= 11 is 5.67. The second kappa shape index (κ2) is 9.18. The first-order valence-electron chi connectivity index (χ1n) is 7.10. The zero-order valence-corrected chi connectivity index (χ0v) is 14.1. The molecule has 0 aromatic heterocycles. The van der Waals surface area contributed by atoms with Gasteiger partial charge in [0.15, 0.2) is 6.61 Å². The molecule has 7 heteroatoms. The maximum absolute atomic E-state index is 13.0. The van der Waals surface area contributed by atoms with E-state index >= 15 is 0 Å². The predicted octanol–water partition coefficient (Wildman–Crippen LogP) is 2.74. The van der Waals surface area contributed by atoms with Crippen molar-refractivity contribution in [3.63, 3.8) is 0 Å². The third-order valence-electron chi connectivity index (χ3n) is 3.62. The molecular formula is C15H21Cl2FN2O2. The highest BCUT2D eigenvalue weighted by molar-refractivity contribution is 6.30. The van der Waals surface area contributed by atoms with Crippen molar-refractivity contribution < 1.29 is 13.9 Å². The van der Waals surface area contributed by atoms with Crippen molar-refractivity contribution in [3.8, 4) is 5.75 Å². The Morgan fingerprint density at radius 3 is 3.00 bits per heavy atom. The lowest BCUT2D eigenvalue weighted by Gasteiger charge is -2.32. The largest absolute Gasteiger partial charge is 0.484 e. The van der Waals surface area contributed by atoms with Crippen LogP contribution in [0.25, 0.3) is 0 Å². The maximum atomic E-state index is 13.0. The average molecular weight is 351 g/mol. The van der Waals surface area contributed by atoms with E-state index in [-0.39, 0.29) is 29.9 Å². The predicted molar refractivity (Wildman–Crippen MR) is 87.4 cm³/mol. The fraction of sp³-hybridized carbons (Fsp3) is 0.533. The Morgan fingerprint density at radius 2 is 2.32 bits per heavy atom. The van der Waals surface area contributed by atoms with Gasteiger partial charge in [0.1, 0.15) is 11.6 Å². The molecule has 1 N–H and O–H groups in total. The van der Waals surface area contributed by atoms with E-state index in [0.29, 0.717) is 11.7 Å². The minimum Gasteiger partial charge on any atom is -0.484 e. The summed E-state index contributed by atoms with van der Waals surface area (Å²) < 4.78 is 18.4. The van der Waals surface area contributed by atoms with Gasteiger partial charge in [-0.05, 0) is 44.5 Å². The Balaban J connectivity index is 0.00000242. The number of likely N-dealkylation sites (tertiary alicyclic amines) is 1. The zero-order chi connectivity index (χ0) is 15.2. The molecule has 1 heterocycles. The van der Waals surface area contributed by atoms with Crippen LogP contribution in [0.5, 0.6) is 5.75 Å². The minimum atomic E-state index is -0.499. The summed E-state index contributed by atoms with van der Waals surface area (Å²) in [4.78, 5) is 14.0. The molecule has 2 rings (SSSR count). The monoisotopic (exact) mass is 350 g/mol. The van der Waals surface area contributed by atoms with Gasteiger partial charge in [0.25, 0.3) is 5.91 Å². The fourth-order valence-corrected chi connectivity index (χ4v) is 2.72. The molecule has 1 aromatic carbocycles. The zero-order valence-electron chi connectivity index (χ0n) is 12.5. The van der Waals surface area contributed by atoms with E-state index in [9.17, 15) is 9.18 Å². The summed E-state index contributed by atoms with van der Waals surface area (Å²) in [5.74, 6) is 0.351. The van der Waals surface area contributed by atoms with Gasteiger partial charge in [-0.15, -0.1) is 12.4 Å². The van der Waals surface area contributed by atoms with Crippen LogP contribution in [0.15, 0.2) is 18.2 Å². The van der Waals surface area contributed by atoms with E-state index in [1.54, 1.807) is 0 Å². The van der Waals surface area contributed by atoms with Crippen LogP contribution in [-0.2, 0) is 4.79 Å². The molecule has 0 bridgehead atoms. The average Bonchev–Trinajstić information content (AvgIpc) is 2.49. The molecule has 1 aliphatic rings. The van der Waals surface area contributed by atoms with Gasteiger partial charge >= 0.3 is 0 Å². The number of carbonyl (C=O) groups excluding carboxylic acids is 1. The van der Waals surface area contributed by atoms with Crippen molar-refractivity contribution in [1.82, 2.24) is 10.2 Å². The molecule has 1 unspecified atom stereocenters. The summed E-state index contributed by atoms with van der Waals surface area (Å²) in [6.45, 7) is 2.40. The van der Waals surface area contributed by atoms with Crippen LogP contribution in [0.4, 0.5) is 4.39 Å². The van der Waals surface area contributed by atoms with Crippen molar-refractivity contribution in [2.45, 2.75) is 12.8 Å². The van der Waals surface area contributed by atoms with Gasteiger partial charge in [0.2, 0.25) is 0 Å². The molecule has 1 amide bonds. The Kier molecular flexibility index (Phi) is 7.93. The Morgan fingerprint density at radius 1 is 1.55 bits per heavy atom. The van der Waals surface area contributed by atoms with Crippen LogP contribution in [-0.4, -0.2) is 44.1 Å². The lowest BCUT2D eigenvalue weighted by molar-refractivity contribution is -0.135. The number of amides is 1. The fourth-order valence-electron chi connectivity index (χ4n) is 2.55. The number of benzene rings is 1. The molecule has 0 spiro atoms. The van der Waals surface area contributed by atoms with E-state index in [4.69, 9.17) is 16.3 Å². The number of hydrogen-bond donors (Lipinski definition) is 1. The number of rotatable bonds is 5. The summed E-state index contributed by atoms with van der Waals surface area (Å²) in [7, 11) is 1.92. The third kappa shape index (κ3) is 5.30. The van der Waals surface area contributed by atoms with Gasteiger partial charge in [0.05, 0.1) is 5.02 Å². The first kappa shape index (κ1) is 19.0. The number of carbonyl (C=O) groups is 1. The third-order valence-corrected chi connectivity index (χ3v) is 3.91. The van der Waals surface area contributed by atoms with E-state index in [1.807, 2.05) is 11.9 Å². The Hall–Kier alpha value is -1.04. The number of hydrogen-bond acceptors (Lipinski definition) is 3. The highest BCUT2D eigenvalue weighted by atomic mass is 35.5. The number of piperidine rings is 1. The molecule has 4 nitrogen and oxygen atoms in total. The van der Waals surface area contributed by atoms with E-state index < -0.39 is 5.82 Å². The van der Waals surface area contributed by atoms with Crippen LogP contribution in [0.3, 0.4) is 0 Å². The number of halogens is 3. The van der Waals surface area contributed by atoms with E-state index in [0.717, 1.165) is 32.5 Å². The summed E-state index contributed by atoms with van der Waals surface area (Å²) in [6, 6.07) is 4.07. The number of ether oxygens (including phenoxy) is 1. The van der Waals surface area contributed by atoms with Gasteiger partial charge in [-0.2, -0.15) is 0 Å². The molecule has 22 heavy (non-hydrogen) atoms. The maximum Gasteiger partial charge on any atom is 0.260 e. The van der Waals surface area contributed by atoms with Gasteiger partial charge in [-0.3, -0.25) is 4.79 Å². The van der Waals surface area contributed by atoms with Crippen LogP contribution in [0.1, 0.15) is 12.8 Å². The summed E-state index contributed by atoms with van der Waals surface area (Å²) in [5, 5.41) is 3.14. The smallest absolute Gasteiger partial charge is 0.260 e. The molecule has 0 radical (unpaired) electrons. The normalized spacial score (nSPS) is 17.8. The molecule has 1 fully saturated rings. The minimum absolute atomic E-state index is 0. The molecule has 0 saturated carbocycles. The first-order chi connectivity index (χ1) is 10.1. The second-order valence-corrected chi connectivity index (χ2v) is 5.68. The highest BCUT2D eigenvalue weighted by Gasteiger charge is 2.23. The van der Waals surface area contributed by atoms with Gasteiger partial charge in [0, 0.05) is 19.2 Å². The van der Waals surface area contributed by atoms with E-state index in [2.05, 4.69) is 5.32 Å². The standard InChI is InChI=1S/C15H20ClFN2O2.ClH/c1-18-8-11-3-2-6-19(9-11)15(20)10-21-12-4-5-14(17)13(16)7-12;/h4-5,7,11,18H,2-3,6,8-10H2,1H3;1H. The van der Waals surface area contributed by atoms with Crippen molar-refractivity contribution in [2.24, 2.45) is 5.92 Å². The number of nitrogens with one attached hydrogen (secondary N) is 1. The highest BCUT2D eigenvalue weighted by Crippen LogP contribution is 2.21. The molecule has 1 aliphatic heterocycles. The van der Waals surface area contributed by atoms with Crippen molar-refractivity contribution in [1.29, 1.82) is 0 Å². The lowest BCUT2D eigenvalue weighted by atomic mass is 9.98. The molecule has 1 atom stereocenters. The quantitative estimate of drug-likeness (QED) is 0.887. The second-order valence-electron chi connectivity index (χ2n) is 5.27. The van der Waals surface area contributed by atoms with Gasteiger partial charge in [-0.1, -0.05) is 11.6 Å². The summed E-state index contributed by atoms with van der Waals surface area (Å²) in [6.07, 6.45) is 2.15. The van der Waals surface area contributed by atoms with Crippen molar-refractivity contribution >= 4 is 29.9 Å². The Bertz CT molecular complexity index is 500. The molecular weight excluding hydrogens is 330 g/mol. The first-order valence-corrected chi connectivity index (χ1v) is 7.48. The van der Waals surface area contributed by atoms with E-state index in [1.165, 1.54) is 18.2 Å². The molecule has 1 saturated heterocycles. The topological polar surface area (TPSA) is 41.6 Å². The number of nitrogens with zero attached hydrogens (tertiary/aromatic N) is 1. The molecule has 1 aromatic rings. The lowest BCUT2D eigenvalue weighted by Crippen LogP contribution is -2.44. The van der Waals surface area contributed by atoms with Gasteiger partial charge < -0.3 is 15.0 Å². The SMILES string of the molecule is CNCC1CCCN(C(=O)COc2ccc(F)c(Cl)c2)C1.Cl. The van der Waals surface area contributed by atoms with Crippen LogP contribution in [0, 0.1) is 11.7 Å². The van der Waals surface area contributed by atoms with Crippen molar-refractivity contribution in [3.05, 3.63) is 29.0 Å². The van der Waals surface area contributed by atoms with Crippen LogP contribution < -0.4 is 10.1 Å². The Labute approximate surface area is 141 Å². The van der Waals surface area contributed by atoms with Crippen molar-refractivity contribution in [2.75, 3.05) is 33.3 Å². The summed E-state index contributed by atoms with van der Waals surface area (Å²) in [5.41, 5.74) is 0. The van der Waals surface area contributed by atoms with Crippen LogP contribution >= 0.6 is 24.0 Å². The van der Waals surface area contributed by atoms with Crippen LogP contribution in [0.2, 0.25) is 5.02 Å². The van der Waals surface area contributed by atoms with Gasteiger partial charge in [-0.25, -0.2) is 4.39 Å². The molecule has 0 aliphatic carbocycles. The molecule has 124 valence electrons.